The number of carbonyl (C=O) groups is 1. The van der Waals surface area contributed by atoms with Crippen LogP contribution in [0.25, 0.3) is 0 Å². The summed E-state index contributed by atoms with van der Waals surface area (Å²) in [5.74, 6) is -1.14. The van der Waals surface area contributed by atoms with Gasteiger partial charge in [-0.3, -0.25) is 9.59 Å². The number of aromatic nitrogens is 2. The predicted molar refractivity (Wildman–Crippen MR) is 75.4 cm³/mol. The molecule has 8 heteroatoms. The molecule has 0 saturated carbocycles. The van der Waals surface area contributed by atoms with Crippen LogP contribution in [0.15, 0.2) is 40.1 Å². The molecule has 0 saturated heterocycles. The Hall–Kier alpha value is -2.90. The first-order valence-electron chi connectivity index (χ1n) is 6.00. The lowest BCUT2D eigenvalue weighted by molar-refractivity contribution is -0.116. The van der Waals surface area contributed by atoms with Gasteiger partial charge in [0.25, 0.3) is 5.56 Å². The Morgan fingerprint density at radius 1 is 1.38 bits per heavy atom. The number of carbonyl (C=O) groups excluding carboxylic acids is 1. The second kappa shape index (κ2) is 5.61. The highest BCUT2D eigenvalue weighted by molar-refractivity contribution is 5.90. The lowest BCUT2D eigenvalue weighted by Crippen LogP contribution is -2.42. The van der Waals surface area contributed by atoms with Crippen LogP contribution in [0.2, 0.25) is 0 Å². The number of halogens is 1. The lowest BCUT2D eigenvalue weighted by atomic mass is 10.3. The summed E-state index contributed by atoms with van der Waals surface area (Å²) in [5, 5.41) is 2.40. The van der Waals surface area contributed by atoms with Crippen molar-refractivity contribution >= 4 is 17.3 Å². The molecule has 0 aliphatic carbocycles. The predicted octanol–water partition coefficient (Wildman–Crippen LogP) is -0.0930. The number of benzene rings is 1. The molecule has 1 aromatic heterocycles. The molecule has 0 unspecified atom stereocenters. The number of aryl methyl sites for hydroxylation is 1. The van der Waals surface area contributed by atoms with E-state index in [-0.39, 0.29) is 11.4 Å². The van der Waals surface area contributed by atoms with E-state index in [0.717, 1.165) is 10.6 Å². The van der Waals surface area contributed by atoms with Crippen molar-refractivity contribution in [2.45, 2.75) is 6.54 Å². The number of rotatable bonds is 3. The number of nitrogens with zero attached hydrogens (tertiary/aromatic N) is 2. The van der Waals surface area contributed by atoms with Crippen LogP contribution in [0.3, 0.4) is 0 Å². The van der Waals surface area contributed by atoms with Crippen molar-refractivity contribution in [1.29, 1.82) is 0 Å². The summed E-state index contributed by atoms with van der Waals surface area (Å²) in [6, 6.07) is 5.27. The molecule has 3 N–H and O–H groups in total. The Bertz CT molecular complexity index is 776. The second-order valence-corrected chi connectivity index (χ2v) is 4.43. The number of hydrogen-bond donors (Lipinski definition) is 2. The summed E-state index contributed by atoms with van der Waals surface area (Å²) in [4.78, 5) is 35.4. The van der Waals surface area contributed by atoms with Gasteiger partial charge in [-0.25, -0.2) is 13.8 Å². The molecule has 0 aliphatic heterocycles. The van der Waals surface area contributed by atoms with Crippen molar-refractivity contribution in [2.24, 2.45) is 7.05 Å². The molecule has 2 aromatic rings. The highest BCUT2D eigenvalue weighted by atomic mass is 19.1. The van der Waals surface area contributed by atoms with Gasteiger partial charge in [0.05, 0.1) is 0 Å². The van der Waals surface area contributed by atoms with Gasteiger partial charge in [0.1, 0.15) is 18.0 Å². The summed E-state index contributed by atoms with van der Waals surface area (Å²) >= 11 is 0. The lowest BCUT2D eigenvalue weighted by Gasteiger charge is -2.09. The smallest absolute Gasteiger partial charge is 0.331 e. The summed E-state index contributed by atoms with van der Waals surface area (Å²) in [7, 11) is 1.42. The molecule has 7 nitrogen and oxygen atoms in total. The van der Waals surface area contributed by atoms with Gasteiger partial charge in [-0.1, -0.05) is 6.07 Å². The average molecular weight is 292 g/mol. The normalized spacial score (nSPS) is 10.4. The second-order valence-electron chi connectivity index (χ2n) is 4.43. The summed E-state index contributed by atoms with van der Waals surface area (Å²) < 4.78 is 14.8. The number of amides is 1. The van der Waals surface area contributed by atoms with Crippen molar-refractivity contribution in [1.82, 2.24) is 9.13 Å². The molecule has 1 amide bonds. The fraction of sp³-hybridized carbons (Fsp3) is 0.154. The van der Waals surface area contributed by atoms with E-state index < -0.39 is 29.5 Å². The zero-order valence-corrected chi connectivity index (χ0v) is 11.2. The van der Waals surface area contributed by atoms with Crippen LogP contribution < -0.4 is 22.3 Å². The highest BCUT2D eigenvalue weighted by Gasteiger charge is 2.12. The molecular weight excluding hydrogens is 279 g/mol. The van der Waals surface area contributed by atoms with Gasteiger partial charge in [-0.15, -0.1) is 0 Å². The SMILES string of the molecule is Cn1cc(N)c(=O)n(CC(=O)Nc2cccc(F)c2)c1=O. The number of nitrogens with one attached hydrogen (secondary N) is 1. The maximum absolute atomic E-state index is 13.0. The molecule has 0 radical (unpaired) electrons. The minimum Gasteiger partial charge on any atom is -0.393 e. The Balaban J connectivity index is 2.25. The summed E-state index contributed by atoms with van der Waals surface area (Å²) in [5.41, 5.74) is 4.15. The van der Waals surface area contributed by atoms with Crippen LogP contribution in [-0.2, 0) is 18.4 Å². The molecule has 0 bridgehead atoms. The minimum absolute atomic E-state index is 0.143. The van der Waals surface area contributed by atoms with E-state index in [1.165, 1.54) is 31.4 Å². The van der Waals surface area contributed by atoms with Crippen LogP contribution in [0, 0.1) is 5.82 Å². The molecule has 2 rings (SSSR count). The van der Waals surface area contributed by atoms with Crippen LogP contribution in [-0.4, -0.2) is 15.0 Å². The van der Waals surface area contributed by atoms with Crippen molar-refractivity contribution in [3.8, 4) is 0 Å². The maximum Gasteiger partial charge on any atom is 0.331 e. The molecule has 0 aliphatic rings. The van der Waals surface area contributed by atoms with Crippen molar-refractivity contribution < 1.29 is 9.18 Å². The molecular formula is C13H13FN4O3. The third kappa shape index (κ3) is 3.16. The van der Waals surface area contributed by atoms with Gasteiger partial charge in [0.2, 0.25) is 5.91 Å². The molecule has 21 heavy (non-hydrogen) atoms. The Morgan fingerprint density at radius 2 is 2.10 bits per heavy atom. The van der Waals surface area contributed by atoms with E-state index in [0.29, 0.717) is 4.57 Å². The van der Waals surface area contributed by atoms with E-state index in [2.05, 4.69) is 5.32 Å². The molecule has 0 fully saturated rings. The Kier molecular flexibility index (Phi) is 3.88. The Labute approximate surface area is 118 Å². The first-order valence-corrected chi connectivity index (χ1v) is 6.00. The molecule has 0 spiro atoms. The van der Waals surface area contributed by atoms with Crippen LogP contribution in [0.1, 0.15) is 0 Å². The van der Waals surface area contributed by atoms with Gasteiger partial charge in [0, 0.05) is 18.9 Å². The summed E-state index contributed by atoms with van der Waals surface area (Å²) in [6.45, 7) is -0.507. The van der Waals surface area contributed by atoms with Crippen molar-refractivity contribution in [2.75, 3.05) is 11.1 Å². The van der Waals surface area contributed by atoms with Gasteiger partial charge in [-0.05, 0) is 18.2 Å². The summed E-state index contributed by atoms with van der Waals surface area (Å²) in [6.07, 6.45) is 1.19. The molecule has 0 atom stereocenters. The van der Waals surface area contributed by atoms with Crippen molar-refractivity contribution in [3.63, 3.8) is 0 Å². The molecule has 1 heterocycles. The molecule has 1 aromatic carbocycles. The third-order valence-electron chi connectivity index (χ3n) is 2.77. The monoisotopic (exact) mass is 292 g/mol. The van der Waals surface area contributed by atoms with Gasteiger partial charge in [-0.2, -0.15) is 0 Å². The van der Waals surface area contributed by atoms with Crippen LogP contribution >= 0.6 is 0 Å². The van der Waals surface area contributed by atoms with Crippen molar-refractivity contribution in [3.05, 3.63) is 57.1 Å². The number of nitrogens with two attached hydrogens (primary N) is 1. The van der Waals surface area contributed by atoms with E-state index >= 15 is 0 Å². The molecule has 110 valence electrons. The number of anilines is 2. The van der Waals surface area contributed by atoms with Crippen LogP contribution in [0.5, 0.6) is 0 Å². The topological polar surface area (TPSA) is 99.1 Å². The largest absolute Gasteiger partial charge is 0.393 e. The Morgan fingerprint density at radius 3 is 2.76 bits per heavy atom. The van der Waals surface area contributed by atoms with E-state index in [1.54, 1.807) is 0 Å². The number of hydrogen-bond acceptors (Lipinski definition) is 4. The fourth-order valence-corrected chi connectivity index (χ4v) is 1.80. The first-order chi connectivity index (χ1) is 9.88. The maximum atomic E-state index is 13.0. The zero-order valence-electron chi connectivity index (χ0n) is 11.2. The van der Waals surface area contributed by atoms with Crippen LogP contribution in [0.4, 0.5) is 15.8 Å². The quantitative estimate of drug-likeness (QED) is 0.825. The average Bonchev–Trinajstić information content (AvgIpc) is 2.41. The van der Waals surface area contributed by atoms with E-state index in [4.69, 9.17) is 5.73 Å². The van der Waals surface area contributed by atoms with Gasteiger partial charge in [0.15, 0.2) is 0 Å². The third-order valence-corrected chi connectivity index (χ3v) is 2.77. The van der Waals surface area contributed by atoms with Gasteiger partial charge >= 0.3 is 5.69 Å². The minimum atomic E-state index is -0.743. The zero-order chi connectivity index (χ0) is 15.6. The highest BCUT2D eigenvalue weighted by Crippen LogP contribution is 2.08. The first kappa shape index (κ1) is 14.5. The van der Waals surface area contributed by atoms with E-state index in [1.807, 2.05) is 0 Å². The number of nitrogen functional groups attached to an aromatic ring is 1. The standard InChI is InChI=1S/C13H13FN4O3/c1-17-6-10(15)12(20)18(13(17)21)7-11(19)16-9-4-2-3-8(14)5-9/h2-6H,7,15H2,1H3,(H,16,19). The fourth-order valence-electron chi connectivity index (χ4n) is 1.80. The van der Waals surface area contributed by atoms with Gasteiger partial charge < -0.3 is 15.6 Å². The van der Waals surface area contributed by atoms with E-state index in [9.17, 15) is 18.8 Å².